The summed E-state index contributed by atoms with van der Waals surface area (Å²) in [5.41, 5.74) is -5.24. The van der Waals surface area contributed by atoms with E-state index in [4.69, 9.17) is 0 Å². The Bertz CT molecular complexity index is 1600. The zero-order valence-electron chi connectivity index (χ0n) is 20.1. The molecule has 0 aromatic heterocycles. The molecule has 208 valence electrons. The monoisotopic (exact) mass is 572 g/mol. The van der Waals surface area contributed by atoms with Gasteiger partial charge in [-0.2, -0.15) is 13.2 Å². The molecule has 0 fully saturated rings. The Balaban J connectivity index is 1.70. The van der Waals surface area contributed by atoms with Crippen LogP contribution in [0.3, 0.4) is 0 Å². The van der Waals surface area contributed by atoms with Crippen LogP contribution in [0.5, 0.6) is 0 Å². The van der Waals surface area contributed by atoms with E-state index in [9.17, 15) is 48.3 Å². The van der Waals surface area contributed by atoms with Crippen molar-refractivity contribution in [3.8, 4) is 33.4 Å². The summed E-state index contributed by atoms with van der Waals surface area (Å²) < 4.78 is 153. The van der Waals surface area contributed by atoms with Crippen molar-refractivity contribution < 1.29 is 48.3 Å². The van der Waals surface area contributed by atoms with Crippen LogP contribution < -0.4 is 0 Å². The fraction of sp³-hybridized carbons (Fsp3) is 0.103. The largest absolute Gasteiger partial charge is 0.422 e. The van der Waals surface area contributed by atoms with Gasteiger partial charge in [0, 0.05) is 16.7 Å². The van der Waals surface area contributed by atoms with Gasteiger partial charge in [0.1, 0.15) is 46.3 Å². The summed E-state index contributed by atoms with van der Waals surface area (Å²) in [5.74, 6) is -11.4. The highest BCUT2D eigenvalue weighted by atomic mass is 19.4. The Morgan fingerprint density at radius 1 is 0.575 bits per heavy atom. The summed E-state index contributed by atoms with van der Waals surface area (Å²) in [6.07, 6.45) is -5.66. The van der Waals surface area contributed by atoms with E-state index in [1.807, 2.05) is 0 Å². The van der Waals surface area contributed by atoms with E-state index in [2.05, 4.69) is 0 Å². The summed E-state index contributed by atoms with van der Waals surface area (Å²) in [6, 6.07) is 7.44. The average Bonchev–Trinajstić information content (AvgIpc) is 2.86. The molecule has 4 aromatic rings. The number of halogens is 11. The number of rotatable bonds is 5. The van der Waals surface area contributed by atoms with Gasteiger partial charge in [-0.3, -0.25) is 0 Å². The average molecular weight is 572 g/mol. The van der Waals surface area contributed by atoms with Crippen LogP contribution in [0.4, 0.5) is 48.3 Å². The number of allylic oxidation sites excluding steroid dienone is 1. The first-order valence-electron chi connectivity index (χ1n) is 11.4. The molecule has 0 atom stereocenters. The third kappa shape index (κ3) is 5.45. The van der Waals surface area contributed by atoms with Crippen molar-refractivity contribution in [3.63, 3.8) is 0 Å². The van der Waals surface area contributed by atoms with E-state index in [-0.39, 0.29) is 23.1 Å². The maximum atomic E-state index is 15.0. The quantitative estimate of drug-likeness (QED) is 0.209. The lowest BCUT2D eigenvalue weighted by Crippen LogP contribution is -2.11. The molecule has 0 aliphatic heterocycles. The Morgan fingerprint density at radius 3 is 1.50 bits per heavy atom. The maximum Gasteiger partial charge on any atom is 0.422 e. The highest BCUT2D eigenvalue weighted by Gasteiger charge is 2.38. The Labute approximate surface area is 220 Å². The Kier molecular flexibility index (Phi) is 7.78. The summed E-state index contributed by atoms with van der Waals surface area (Å²) in [7, 11) is 0. The van der Waals surface area contributed by atoms with Crippen molar-refractivity contribution in [3.05, 3.63) is 113 Å². The SMILES string of the molecule is CC/C(F)=C(\F)c1cc(F)c(-c2ccc(-c3ccc(-c4cc(F)c(C(F)(F)F)c(F)c4)c(F)c3)c(F)c2)c(F)c1. The highest BCUT2D eigenvalue weighted by Crippen LogP contribution is 2.38. The molecule has 0 nitrogen and oxygen atoms in total. The van der Waals surface area contributed by atoms with Gasteiger partial charge in [-0.15, -0.1) is 0 Å². The predicted octanol–water partition coefficient (Wildman–Crippen LogP) is 10.6. The minimum Gasteiger partial charge on any atom is -0.209 e. The van der Waals surface area contributed by atoms with Crippen LogP contribution in [0.1, 0.15) is 24.5 Å². The summed E-state index contributed by atoms with van der Waals surface area (Å²) in [6.45, 7) is 1.30. The minimum atomic E-state index is -5.31. The van der Waals surface area contributed by atoms with Gasteiger partial charge in [-0.1, -0.05) is 31.2 Å². The normalized spacial score (nSPS) is 12.5. The van der Waals surface area contributed by atoms with Crippen molar-refractivity contribution in [2.75, 3.05) is 0 Å². The molecule has 0 bridgehead atoms. The fourth-order valence-corrected chi connectivity index (χ4v) is 4.11. The Hall–Kier alpha value is -4.15. The first-order valence-corrected chi connectivity index (χ1v) is 11.4. The smallest absolute Gasteiger partial charge is 0.209 e. The molecule has 0 aliphatic carbocycles. The van der Waals surface area contributed by atoms with Gasteiger partial charge in [0.2, 0.25) is 0 Å². The molecule has 0 unspecified atom stereocenters. The van der Waals surface area contributed by atoms with Gasteiger partial charge in [-0.25, -0.2) is 35.1 Å². The van der Waals surface area contributed by atoms with E-state index in [0.29, 0.717) is 24.3 Å². The van der Waals surface area contributed by atoms with Gasteiger partial charge < -0.3 is 0 Å². The molecule has 40 heavy (non-hydrogen) atoms. The lowest BCUT2D eigenvalue weighted by Gasteiger charge is -2.13. The van der Waals surface area contributed by atoms with Gasteiger partial charge in [0.25, 0.3) is 0 Å². The predicted molar refractivity (Wildman–Crippen MR) is 127 cm³/mol. The number of hydrogen-bond acceptors (Lipinski definition) is 0. The van der Waals surface area contributed by atoms with Gasteiger partial charge >= 0.3 is 6.18 Å². The summed E-state index contributed by atoms with van der Waals surface area (Å²) >= 11 is 0. The molecule has 0 saturated heterocycles. The van der Waals surface area contributed by atoms with Crippen molar-refractivity contribution in [1.82, 2.24) is 0 Å². The molecule has 0 N–H and O–H groups in total. The van der Waals surface area contributed by atoms with Gasteiger partial charge in [0.15, 0.2) is 5.83 Å². The maximum absolute atomic E-state index is 15.0. The van der Waals surface area contributed by atoms with Gasteiger partial charge in [0.05, 0.1) is 5.56 Å². The summed E-state index contributed by atoms with van der Waals surface area (Å²) in [4.78, 5) is 0. The second-order valence-electron chi connectivity index (χ2n) is 8.59. The first-order chi connectivity index (χ1) is 18.7. The zero-order valence-corrected chi connectivity index (χ0v) is 20.1. The third-order valence-corrected chi connectivity index (χ3v) is 6.02. The van der Waals surface area contributed by atoms with Crippen molar-refractivity contribution >= 4 is 5.83 Å². The lowest BCUT2D eigenvalue weighted by atomic mass is 9.95. The van der Waals surface area contributed by atoms with Gasteiger partial charge in [-0.05, 0) is 59.5 Å². The van der Waals surface area contributed by atoms with Crippen LogP contribution in [0.2, 0.25) is 0 Å². The molecule has 0 aliphatic rings. The highest BCUT2D eigenvalue weighted by molar-refractivity contribution is 5.75. The fourth-order valence-electron chi connectivity index (χ4n) is 4.11. The Morgan fingerprint density at radius 2 is 1.02 bits per heavy atom. The van der Waals surface area contributed by atoms with Crippen molar-refractivity contribution in [2.24, 2.45) is 0 Å². The minimum absolute atomic E-state index is 0.114. The van der Waals surface area contributed by atoms with Crippen LogP contribution in [-0.4, -0.2) is 0 Å². The molecule has 0 amide bonds. The zero-order chi connectivity index (χ0) is 29.5. The van der Waals surface area contributed by atoms with Crippen LogP contribution in [-0.2, 0) is 6.18 Å². The first kappa shape index (κ1) is 28.8. The molecule has 4 aromatic carbocycles. The second-order valence-corrected chi connectivity index (χ2v) is 8.59. The number of hydrogen-bond donors (Lipinski definition) is 0. The van der Waals surface area contributed by atoms with E-state index < -0.39 is 80.6 Å². The molecular weight excluding hydrogens is 557 g/mol. The molecule has 0 radical (unpaired) electrons. The van der Waals surface area contributed by atoms with E-state index in [1.165, 1.54) is 6.92 Å². The van der Waals surface area contributed by atoms with Crippen LogP contribution >= 0.6 is 0 Å². The van der Waals surface area contributed by atoms with Crippen LogP contribution in [0.25, 0.3) is 39.2 Å². The van der Waals surface area contributed by atoms with Crippen molar-refractivity contribution in [1.29, 1.82) is 0 Å². The van der Waals surface area contributed by atoms with Crippen LogP contribution in [0.15, 0.2) is 66.5 Å². The van der Waals surface area contributed by atoms with Crippen molar-refractivity contribution in [2.45, 2.75) is 19.5 Å². The molecule has 11 heteroatoms. The number of alkyl halides is 3. The lowest BCUT2D eigenvalue weighted by molar-refractivity contribution is -0.142. The topological polar surface area (TPSA) is 0 Å². The second kappa shape index (κ2) is 10.8. The molecule has 0 saturated carbocycles. The summed E-state index contributed by atoms with van der Waals surface area (Å²) in [5, 5.41) is 0. The van der Waals surface area contributed by atoms with E-state index in [0.717, 1.165) is 36.4 Å². The standard InChI is InChI=1S/C29H15F11/c1-2-19(30)28(37)16-11-22(33)26(23(34)12-16)14-4-6-17(21(32)8-14)13-3-5-18(20(31)7-13)15-9-24(35)27(25(36)10-15)29(38,39)40/h3-12H,2H2,1H3/b28-19+. The molecule has 0 heterocycles. The van der Waals surface area contributed by atoms with E-state index in [1.54, 1.807) is 0 Å². The number of benzene rings is 4. The molecule has 0 spiro atoms. The molecular formula is C29H15F11. The van der Waals surface area contributed by atoms with Crippen LogP contribution in [0, 0.1) is 34.9 Å². The third-order valence-electron chi connectivity index (χ3n) is 6.02. The van der Waals surface area contributed by atoms with E-state index >= 15 is 0 Å². The molecule has 4 rings (SSSR count).